The first-order valence-electron chi connectivity index (χ1n) is 39.5. The molecule has 0 spiro atoms. The average Bonchev–Trinajstić information content (AvgIpc) is 1.66. The minimum absolute atomic E-state index is 0.123. The lowest BCUT2D eigenvalue weighted by molar-refractivity contribution is -0.154. The molecule has 12 aliphatic rings. The van der Waals surface area contributed by atoms with E-state index in [1.165, 1.54) is 11.6 Å². The average molecular weight is 1550 g/mol. The summed E-state index contributed by atoms with van der Waals surface area (Å²) in [4.78, 5) is 99.1. The number of ether oxygens (including phenoxy) is 12. The Bertz CT molecular complexity index is 4280. The zero-order valence-corrected chi connectivity index (χ0v) is 68.8. The number of rotatable bonds is 15. The Morgan fingerprint density at radius 2 is 0.761 bits per heavy atom. The molecule has 5 unspecified atom stereocenters. The Balaban J connectivity index is 0.000000173. The van der Waals surface area contributed by atoms with Gasteiger partial charge in [-0.3, -0.25) is 9.59 Å². The second-order valence-electron chi connectivity index (χ2n) is 33.3. The van der Waals surface area contributed by atoms with Crippen LogP contribution in [0.15, 0.2) is 226 Å². The fourth-order valence-electron chi connectivity index (χ4n) is 15.5. The Morgan fingerprint density at radius 3 is 1.06 bits per heavy atom. The maximum atomic E-state index is 12.7. The van der Waals surface area contributed by atoms with E-state index in [0.29, 0.717) is 132 Å². The number of allylic oxidation sites excluding steroid dienone is 8. The van der Waals surface area contributed by atoms with Crippen LogP contribution in [-0.4, -0.2) is 121 Å². The monoisotopic (exact) mass is 1550 g/mol. The van der Waals surface area contributed by atoms with Crippen molar-refractivity contribution in [3.63, 3.8) is 0 Å². The third-order valence-electron chi connectivity index (χ3n) is 22.8. The van der Waals surface area contributed by atoms with Crippen LogP contribution in [0.4, 0.5) is 0 Å². The molecule has 0 saturated carbocycles. The van der Waals surface area contributed by atoms with Gasteiger partial charge in [-0.15, -0.1) is 0 Å². The second-order valence-corrected chi connectivity index (χ2v) is 33.3. The molecule has 4 fully saturated rings. The minimum atomic E-state index is -0.556. The van der Waals surface area contributed by atoms with Crippen molar-refractivity contribution in [2.75, 3.05) is 0 Å². The van der Waals surface area contributed by atoms with Gasteiger partial charge < -0.3 is 56.8 Å². The van der Waals surface area contributed by atoms with E-state index >= 15 is 0 Å². The summed E-state index contributed by atoms with van der Waals surface area (Å²) in [5.41, 5.74) is 12.2. The highest BCUT2D eigenvalue weighted by atomic mass is 16.6. The van der Waals surface area contributed by atoms with Crippen LogP contribution in [0.3, 0.4) is 0 Å². The van der Waals surface area contributed by atoms with E-state index in [-0.39, 0.29) is 132 Å². The first kappa shape index (κ1) is 87.0. The van der Waals surface area contributed by atoms with Crippen molar-refractivity contribution in [2.45, 2.75) is 261 Å². The highest BCUT2D eigenvalue weighted by Gasteiger charge is 2.49. The van der Waals surface area contributed by atoms with Gasteiger partial charge >= 0.3 is 47.8 Å². The van der Waals surface area contributed by atoms with Gasteiger partial charge in [0.05, 0.1) is 36.0 Å². The predicted molar refractivity (Wildman–Crippen MR) is 429 cm³/mol. The number of hydrogen-bond acceptors (Lipinski definition) is 20. The lowest BCUT2D eigenvalue weighted by atomic mass is 9.84. The molecule has 0 radical (unpaired) electrons. The van der Waals surface area contributed by atoms with Crippen LogP contribution in [-0.2, 0) is 95.2 Å². The summed E-state index contributed by atoms with van der Waals surface area (Å²) in [7, 11) is 0. The number of carbonyl (C=O) groups is 8. The summed E-state index contributed by atoms with van der Waals surface area (Å²) in [5, 5.41) is 0. The van der Waals surface area contributed by atoms with Crippen LogP contribution in [0.2, 0.25) is 0 Å². The molecule has 0 amide bonds. The summed E-state index contributed by atoms with van der Waals surface area (Å²) in [6.45, 7) is 62.0. The van der Waals surface area contributed by atoms with Gasteiger partial charge in [-0.05, 0) is 157 Å². The van der Waals surface area contributed by atoms with Gasteiger partial charge in [0, 0.05) is 85.8 Å². The summed E-state index contributed by atoms with van der Waals surface area (Å²) >= 11 is 0. The van der Waals surface area contributed by atoms with Crippen molar-refractivity contribution in [3.05, 3.63) is 226 Å². The fraction of sp³-hybridized carbons (Fsp3) is 0.505. The third kappa shape index (κ3) is 22.3. The molecule has 0 aromatic heterocycles. The molecule has 8 heterocycles. The van der Waals surface area contributed by atoms with Crippen molar-refractivity contribution in [2.24, 2.45) is 40.9 Å². The molecule has 17 atom stereocenters. The van der Waals surface area contributed by atoms with Crippen molar-refractivity contribution in [3.8, 4) is 0 Å². The van der Waals surface area contributed by atoms with Gasteiger partial charge in [-0.2, -0.15) is 0 Å². The molecule has 113 heavy (non-hydrogen) atoms. The Morgan fingerprint density at radius 1 is 0.451 bits per heavy atom. The number of carbonyl (C=O) groups excluding carboxylic acids is 8. The molecule has 0 N–H and O–H groups in total. The molecular weight excluding hydrogens is 1440 g/mol. The zero-order chi connectivity index (χ0) is 82.9. The summed E-state index contributed by atoms with van der Waals surface area (Å²) < 4.78 is 68.9. The Labute approximate surface area is 667 Å². The van der Waals surface area contributed by atoms with Crippen LogP contribution in [0.5, 0.6) is 0 Å². The van der Waals surface area contributed by atoms with E-state index in [0.717, 1.165) is 52.7 Å². The van der Waals surface area contributed by atoms with Gasteiger partial charge in [0.25, 0.3) is 0 Å². The lowest BCUT2D eigenvalue weighted by Crippen LogP contribution is -2.34. The van der Waals surface area contributed by atoms with Crippen molar-refractivity contribution >= 4 is 47.8 Å². The maximum absolute atomic E-state index is 12.7. The number of fused-ring (bicyclic) bond motifs is 8. The Kier molecular flexibility index (Phi) is 28.7. The van der Waals surface area contributed by atoms with Crippen molar-refractivity contribution in [1.29, 1.82) is 0 Å². The van der Waals surface area contributed by atoms with E-state index in [2.05, 4.69) is 93.3 Å². The second kappa shape index (κ2) is 37.3. The minimum Gasteiger partial charge on any atom is -0.490 e. The Hall–Kier alpha value is -9.98. The van der Waals surface area contributed by atoms with Gasteiger partial charge in [0.1, 0.15) is 96.3 Å². The van der Waals surface area contributed by atoms with Gasteiger partial charge in [0.15, 0.2) is 0 Å². The van der Waals surface area contributed by atoms with E-state index in [1.54, 1.807) is 6.08 Å². The van der Waals surface area contributed by atoms with Gasteiger partial charge in [0.2, 0.25) is 0 Å². The van der Waals surface area contributed by atoms with E-state index < -0.39 is 30.4 Å². The topological polar surface area (TPSA) is 247 Å². The van der Waals surface area contributed by atoms with Crippen LogP contribution in [0.1, 0.15) is 187 Å². The molecule has 4 saturated heterocycles. The first-order chi connectivity index (χ1) is 53.2. The predicted octanol–water partition coefficient (Wildman–Crippen LogP) is 17.5. The third-order valence-corrected chi connectivity index (χ3v) is 22.8. The van der Waals surface area contributed by atoms with Crippen LogP contribution < -0.4 is 0 Å². The van der Waals surface area contributed by atoms with E-state index in [4.69, 9.17) is 56.8 Å². The summed E-state index contributed by atoms with van der Waals surface area (Å²) in [5.74, 6) is -1.65. The quantitative estimate of drug-likeness (QED) is 0.0640. The molecule has 0 aromatic carbocycles. The lowest BCUT2D eigenvalue weighted by Gasteiger charge is -2.28. The standard InChI is InChI=1S/C26H32O5.C23H28O5.C23H30O5.C21H26O5/c1-15(2)8-7-9-16(3)12-24(27)31-22-11-17(4)10-21-13-20(26(28)30-21)14-23-25(22)18(5)19(6)29-23;1-12(2)14(4)9-21(24)28-19-8-13(3)7-18-10-17(23(25)27-18)11-20-22(19)15(5)16(6)26-20;1-7-23(5,6)12-20(24)28-18-9-13(2)8-17-10-16(22(25)27-17)11-19-21(18)14(3)15(4)26-19;1-6-12(3)20(22)26-17-8-11(2)7-16-9-15(21(23)25-16)10-18-19(17)13(4)14(5)24-18/h8,11-13,21-23,25H,5-7,9-10,14H2,1-4H3;8-10,12,18-20,22H,5-7,11H2,1-4H3;9-10,17-19,21H,3-4,7-8,11-12H2,1-2,5-6H3;8-9,12,16-19H,4-7,10H2,1-3H3/b16-12?,17-11+;13-8+,14-9+;13-9+;11-8+/t21-,22-,23?,25+;18-,19-,20?,22+;17-,18-,19?,21+;12?,16-,17-,18?,19+/m1111/s1. The molecule has 20 heteroatoms. The normalized spacial score (nSPS) is 31.9. The largest absolute Gasteiger partial charge is 0.490 e. The smallest absolute Gasteiger partial charge is 0.334 e. The molecule has 8 aliphatic heterocycles. The molecule has 20 nitrogen and oxygen atoms in total. The van der Waals surface area contributed by atoms with Crippen molar-refractivity contribution in [1.82, 2.24) is 0 Å². The van der Waals surface area contributed by atoms with Crippen LogP contribution in [0.25, 0.3) is 0 Å². The highest BCUT2D eigenvalue weighted by molar-refractivity contribution is 5.93. The van der Waals surface area contributed by atoms with E-state index in [1.807, 2.05) is 118 Å². The van der Waals surface area contributed by atoms with Crippen LogP contribution >= 0.6 is 0 Å². The molecule has 4 aliphatic carbocycles. The fourth-order valence-corrected chi connectivity index (χ4v) is 15.5. The van der Waals surface area contributed by atoms with Crippen molar-refractivity contribution < 1.29 is 95.2 Å². The first-order valence-corrected chi connectivity index (χ1v) is 39.5. The van der Waals surface area contributed by atoms with E-state index in [9.17, 15) is 38.4 Å². The zero-order valence-electron chi connectivity index (χ0n) is 68.8. The molecule has 12 rings (SSSR count). The van der Waals surface area contributed by atoms with Gasteiger partial charge in [-0.1, -0.05) is 153 Å². The summed E-state index contributed by atoms with van der Waals surface area (Å²) in [6, 6.07) is 0. The van der Waals surface area contributed by atoms with Gasteiger partial charge in [-0.25, -0.2) is 28.8 Å². The molecule has 8 bridgehead atoms. The maximum Gasteiger partial charge on any atom is 0.334 e. The summed E-state index contributed by atoms with van der Waals surface area (Å²) in [6.07, 6.45) is 23.2. The molecule has 608 valence electrons. The number of hydrogen-bond donors (Lipinski definition) is 0. The SMILES string of the molecule is C=C1OC2CC3=C[C@@H](C/C(C)=C/[C@@H](OC(=O)/C=C(\C)C(C)C)[C@@H]2C1=C)OC3=O.C=C1OC2CC3=C[C@@H](C/C(C)=C/[C@@H](OC(=O)C(C)CC)[C@@H]2C1=C)OC3=O.C=C1OC2CC3=C[C@@H](C/C(C)=C/[C@@H](OC(=O)C=C(C)CCC=C(C)C)[C@@H]2C1=C)OC3=O.C=C1OC2CC3=C[C@@H](C/C(C)=C/[C@@H](OC(=O)CC(C)(C)CC)[C@@H]2C1=C)OC3=O. The number of esters is 8. The molecule has 0 aromatic rings. The van der Waals surface area contributed by atoms with Crippen LogP contribution in [0, 0.1) is 40.9 Å². The highest BCUT2D eigenvalue weighted by Crippen LogP contribution is 2.47. The molecular formula is C93H116O20.